The average molecular weight is 241 g/mol. The predicted molar refractivity (Wildman–Crippen MR) is 70.2 cm³/mol. The summed E-state index contributed by atoms with van der Waals surface area (Å²) in [7, 11) is 2.20. The lowest BCUT2D eigenvalue weighted by molar-refractivity contribution is 0.00406. The van der Waals surface area contributed by atoms with Crippen LogP contribution < -0.4 is 5.32 Å². The first-order valence-electron chi connectivity index (χ1n) is 6.82. The molecule has 1 atom stereocenters. The number of likely N-dealkylation sites (tertiary alicyclic amines) is 1. The zero-order valence-electron chi connectivity index (χ0n) is 11.4. The van der Waals surface area contributed by atoms with Gasteiger partial charge in [0.2, 0.25) is 0 Å². The molecule has 0 aliphatic carbocycles. The summed E-state index contributed by atoms with van der Waals surface area (Å²) in [5.74, 6) is 0. The van der Waals surface area contributed by atoms with E-state index in [4.69, 9.17) is 0 Å². The van der Waals surface area contributed by atoms with Gasteiger partial charge in [0.05, 0.1) is 6.61 Å². The van der Waals surface area contributed by atoms with Gasteiger partial charge in [-0.05, 0) is 46.8 Å². The molecule has 4 nitrogen and oxygen atoms in total. The normalized spacial score (nSPS) is 32.8. The second kappa shape index (κ2) is 5.22. The molecule has 2 saturated heterocycles. The molecule has 0 aromatic heterocycles. The van der Waals surface area contributed by atoms with Crippen LogP contribution in [-0.2, 0) is 0 Å². The summed E-state index contributed by atoms with van der Waals surface area (Å²) >= 11 is 0. The summed E-state index contributed by atoms with van der Waals surface area (Å²) in [5, 5.41) is 13.0. The van der Waals surface area contributed by atoms with Crippen LogP contribution in [-0.4, -0.2) is 72.4 Å². The molecular formula is C13H27N3O. The van der Waals surface area contributed by atoms with E-state index in [-0.39, 0.29) is 12.1 Å². The van der Waals surface area contributed by atoms with Crippen LogP contribution in [0.3, 0.4) is 0 Å². The van der Waals surface area contributed by atoms with E-state index < -0.39 is 0 Å². The largest absolute Gasteiger partial charge is 0.395 e. The minimum Gasteiger partial charge on any atom is -0.395 e. The van der Waals surface area contributed by atoms with Gasteiger partial charge < -0.3 is 15.3 Å². The first-order chi connectivity index (χ1) is 8.02. The lowest BCUT2D eigenvalue weighted by Crippen LogP contribution is -2.65. The molecule has 2 N–H and O–H groups in total. The quantitative estimate of drug-likeness (QED) is 0.720. The predicted octanol–water partition coefficient (Wildman–Crippen LogP) is 0.125. The minimum absolute atomic E-state index is 0.176. The highest BCUT2D eigenvalue weighted by molar-refractivity contribution is 4.95. The SMILES string of the molecule is CN1CCC(N2CC(C)(C)NCC2CO)CC1. The smallest absolute Gasteiger partial charge is 0.0599 e. The zero-order valence-corrected chi connectivity index (χ0v) is 11.4. The van der Waals surface area contributed by atoms with Gasteiger partial charge >= 0.3 is 0 Å². The van der Waals surface area contributed by atoms with Gasteiger partial charge in [-0.25, -0.2) is 0 Å². The van der Waals surface area contributed by atoms with Gasteiger partial charge in [0.25, 0.3) is 0 Å². The molecule has 0 amide bonds. The fourth-order valence-electron chi connectivity index (χ4n) is 3.08. The highest BCUT2D eigenvalue weighted by Crippen LogP contribution is 2.23. The van der Waals surface area contributed by atoms with Gasteiger partial charge in [-0.1, -0.05) is 0 Å². The van der Waals surface area contributed by atoms with Gasteiger partial charge in [-0.2, -0.15) is 0 Å². The molecule has 4 heteroatoms. The standard InChI is InChI=1S/C13H27N3O/c1-13(2)10-16(12(9-17)8-14-13)11-4-6-15(3)7-5-11/h11-12,14,17H,4-10H2,1-3H3. The molecule has 2 fully saturated rings. The van der Waals surface area contributed by atoms with Crippen molar-refractivity contribution < 1.29 is 5.11 Å². The molecule has 0 saturated carbocycles. The van der Waals surface area contributed by atoms with E-state index in [9.17, 15) is 5.11 Å². The number of aliphatic hydroxyl groups excluding tert-OH is 1. The molecular weight excluding hydrogens is 214 g/mol. The van der Waals surface area contributed by atoms with Crippen LogP contribution in [0.5, 0.6) is 0 Å². The molecule has 0 aromatic carbocycles. The van der Waals surface area contributed by atoms with Crippen molar-refractivity contribution in [1.29, 1.82) is 0 Å². The van der Waals surface area contributed by atoms with Crippen LogP contribution in [0, 0.1) is 0 Å². The number of piperidine rings is 1. The van der Waals surface area contributed by atoms with Crippen LogP contribution >= 0.6 is 0 Å². The molecule has 2 rings (SSSR count). The van der Waals surface area contributed by atoms with Crippen molar-refractivity contribution >= 4 is 0 Å². The van der Waals surface area contributed by atoms with Crippen molar-refractivity contribution in [1.82, 2.24) is 15.1 Å². The van der Waals surface area contributed by atoms with Crippen molar-refractivity contribution in [2.75, 3.05) is 39.8 Å². The number of nitrogens with zero attached hydrogens (tertiary/aromatic N) is 2. The summed E-state index contributed by atoms with van der Waals surface area (Å²) < 4.78 is 0. The van der Waals surface area contributed by atoms with Crippen molar-refractivity contribution in [3.8, 4) is 0 Å². The maximum atomic E-state index is 9.52. The van der Waals surface area contributed by atoms with E-state index in [2.05, 4.69) is 36.0 Å². The fourth-order valence-corrected chi connectivity index (χ4v) is 3.08. The molecule has 0 radical (unpaired) electrons. The Labute approximate surface area is 105 Å². The number of hydrogen-bond donors (Lipinski definition) is 2. The summed E-state index contributed by atoms with van der Waals surface area (Å²) in [5.41, 5.74) is 0.176. The number of piperazine rings is 1. The van der Waals surface area contributed by atoms with Gasteiger partial charge in [-0.15, -0.1) is 0 Å². The fraction of sp³-hybridized carbons (Fsp3) is 1.00. The summed E-state index contributed by atoms with van der Waals surface area (Å²) in [6.45, 7) is 9.11. The van der Waals surface area contributed by atoms with Gasteiger partial charge in [0, 0.05) is 30.7 Å². The zero-order chi connectivity index (χ0) is 12.5. The number of aliphatic hydroxyl groups is 1. The van der Waals surface area contributed by atoms with Crippen LogP contribution in [0.1, 0.15) is 26.7 Å². The van der Waals surface area contributed by atoms with Crippen LogP contribution in [0.4, 0.5) is 0 Å². The Hall–Kier alpha value is -0.160. The second-order valence-electron chi connectivity index (χ2n) is 6.31. The molecule has 2 heterocycles. The second-order valence-corrected chi connectivity index (χ2v) is 6.31. The maximum absolute atomic E-state index is 9.52. The first-order valence-corrected chi connectivity index (χ1v) is 6.82. The molecule has 2 aliphatic rings. The monoisotopic (exact) mass is 241 g/mol. The highest BCUT2D eigenvalue weighted by Gasteiger charge is 2.36. The Balaban J connectivity index is 2.00. The lowest BCUT2D eigenvalue weighted by atomic mass is 9.93. The average Bonchev–Trinajstić information content (AvgIpc) is 2.29. The van der Waals surface area contributed by atoms with Gasteiger partial charge in [0.1, 0.15) is 0 Å². The molecule has 0 spiro atoms. The molecule has 100 valence electrons. The first kappa shape index (κ1) is 13.3. The number of rotatable bonds is 2. The Morgan fingerprint density at radius 1 is 1.29 bits per heavy atom. The Morgan fingerprint density at radius 3 is 2.53 bits per heavy atom. The maximum Gasteiger partial charge on any atom is 0.0599 e. The third-order valence-electron chi connectivity index (χ3n) is 4.23. The van der Waals surface area contributed by atoms with E-state index in [1.165, 1.54) is 25.9 Å². The summed E-state index contributed by atoms with van der Waals surface area (Å²) in [6, 6.07) is 0.959. The van der Waals surface area contributed by atoms with Crippen molar-refractivity contribution in [3.63, 3.8) is 0 Å². The molecule has 2 aliphatic heterocycles. The summed E-state index contributed by atoms with van der Waals surface area (Å²) in [6.07, 6.45) is 2.48. The van der Waals surface area contributed by atoms with Crippen molar-refractivity contribution in [2.45, 2.75) is 44.3 Å². The summed E-state index contributed by atoms with van der Waals surface area (Å²) in [4.78, 5) is 4.95. The topological polar surface area (TPSA) is 38.7 Å². The molecule has 0 bridgehead atoms. The van der Waals surface area contributed by atoms with E-state index in [1.54, 1.807) is 0 Å². The van der Waals surface area contributed by atoms with Crippen LogP contribution in [0.25, 0.3) is 0 Å². The van der Waals surface area contributed by atoms with E-state index >= 15 is 0 Å². The van der Waals surface area contributed by atoms with E-state index in [1.807, 2.05) is 0 Å². The molecule has 0 aromatic rings. The van der Waals surface area contributed by atoms with E-state index in [0.717, 1.165) is 13.1 Å². The molecule has 17 heavy (non-hydrogen) atoms. The Bertz CT molecular complexity index is 249. The van der Waals surface area contributed by atoms with Crippen LogP contribution in [0.15, 0.2) is 0 Å². The van der Waals surface area contributed by atoms with Crippen molar-refractivity contribution in [3.05, 3.63) is 0 Å². The Kier molecular flexibility index (Phi) is 4.08. The minimum atomic E-state index is 0.176. The molecule has 1 unspecified atom stereocenters. The number of hydrogen-bond acceptors (Lipinski definition) is 4. The van der Waals surface area contributed by atoms with Crippen LogP contribution in [0.2, 0.25) is 0 Å². The van der Waals surface area contributed by atoms with Crippen molar-refractivity contribution in [2.24, 2.45) is 0 Å². The lowest BCUT2D eigenvalue weighted by Gasteiger charge is -2.49. The van der Waals surface area contributed by atoms with Gasteiger partial charge in [0.15, 0.2) is 0 Å². The third-order valence-corrected chi connectivity index (χ3v) is 4.23. The highest BCUT2D eigenvalue weighted by atomic mass is 16.3. The third kappa shape index (κ3) is 3.19. The number of nitrogens with one attached hydrogen (secondary N) is 1. The Morgan fingerprint density at radius 2 is 1.94 bits per heavy atom. The van der Waals surface area contributed by atoms with E-state index in [0.29, 0.717) is 12.1 Å². The van der Waals surface area contributed by atoms with Gasteiger partial charge in [-0.3, -0.25) is 4.90 Å².